The predicted octanol–water partition coefficient (Wildman–Crippen LogP) is -3.81. The average molecular weight is 303 g/mol. The molecule has 1 radical (unpaired) electrons. The van der Waals surface area contributed by atoms with Crippen molar-refractivity contribution in [3.05, 3.63) is 0 Å². The summed E-state index contributed by atoms with van der Waals surface area (Å²) in [4.78, 5) is 21.6. The van der Waals surface area contributed by atoms with Crippen LogP contribution in [-0.4, -0.2) is 14.7 Å². The first-order chi connectivity index (χ1) is 2.00. The minimum atomic E-state index is -4.64. The fraction of sp³-hybridized carbons (Fsp3) is 0. The van der Waals surface area contributed by atoms with E-state index in [1.807, 2.05) is 0 Å². The Bertz CT molecular complexity index is 62.2. The van der Waals surface area contributed by atoms with Gasteiger partial charge in [0.25, 0.3) is 0 Å². The number of hydrogen-bond acceptors (Lipinski definition) is 1. The summed E-state index contributed by atoms with van der Waals surface area (Å²) in [7, 11) is -4.64. The Morgan fingerprint density at radius 2 is 1.29 bits per heavy atom. The van der Waals surface area contributed by atoms with Crippen LogP contribution in [0.4, 0.5) is 0 Å². The Kier molecular flexibility index (Phi) is 16.8. The molecule has 0 amide bonds. The van der Waals surface area contributed by atoms with Crippen LogP contribution in [0.3, 0.4) is 0 Å². The molecule has 7 heteroatoms. The molecule has 0 aliphatic rings. The van der Waals surface area contributed by atoms with Gasteiger partial charge in [-0.05, 0) is 0 Å². The molecule has 0 aromatic rings. The van der Waals surface area contributed by atoms with E-state index in [9.17, 15) is 0 Å². The molecule has 0 rings (SSSR count). The van der Waals surface area contributed by atoms with E-state index in [2.05, 4.69) is 0 Å². The van der Waals surface area contributed by atoms with Crippen molar-refractivity contribution in [1.29, 1.82) is 0 Å². The van der Waals surface area contributed by atoms with Crippen LogP contribution in [0.2, 0.25) is 0 Å². The van der Waals surface area contributed by atoms with Gasteiger partial charge in [0.2, 0.25) is 0 Å². The fourth-order valence-electron chi connectivity index (χ4n) is 0. The van der Waals surface area contributed by atoms with Crippen molar-refractivity contribution in [3.63, 3.8) is 0 Å². The van der Waals surface area contributed by atoms with Gasteiger partial charge in [-0.2, -0.15) is 0 Å². The van der Waals surface area contributed by atoms with Crippen molar-refractivity contribution in [1.82, 2.24) is 0 Å². The Labute approximate surface area is 115 Å². The Hall–Kier alpha value is 3.01. The largest absolute Gasteiger partial charge is 1.00 e. The monoisotopic (exact) mass is 303 g/mol. The van der Waals surface area contributed by atoms with Crippen molar-refractivity contribution in [3.8, 4) is 0 Å². The van der Waals surface area contributed by atoms with Crippen LogP contribution in [0.1, 0.15) is 1.43 Å². The van der Waals surface area contributed by atoms with E-state index in [1.54, 1.807) is 0 Å². The van der Waals surface area contributed by atoms with Crippen molar-refractivity contribution in [2.24, 2.45) is 0 Å². The van der Waals surface area contributed by atoms with E-state index in [-0.39, 0.29) is 90.5 Å². The molecule has 0 aromatic carbocycles. The summed E-state index contributed by atoms with van der Waals surface area (Å²) in [6.45, 7) is 0. The zero-order valence-electron chi connectivity index (χ0n) is 4.50. The van der Waals surface area contributed by atoms with Gasteiger partial charge in [-0.15, -0.1) is 0 Å². The van der Waals surface area contributed by atoms with E-state index in [4.69, 9.17) is 19.2 Å². The zero-order valence-corrected chi connectivity index (χ0v) is 9.45. The van der Waals surface area contributed by atoms with Gasteiger partial charge in [-0.1, -0.05) is 0 Å². The van der Waals surface area contributed by atoms with Crippen molar-refractivity contribution >= 4 is 7.82 Å². The van der Waals surface area contributed by atoms with Crippen molar-refractivity contribution < 1.29 is 110 Å². The maximum absolute atomic E-state index is 8.88. The molecule has 0 saturated carbocycles. The molecule has 0 saturated heterocycles. The summed E-state index contributed by atoms with van der Waals surface area (Å²) in [6, 6.07) is 0. The molecule has 0 aliphatic heterocycles. The van der Waals surface area contributed by atoms with E-state index in [0.717, 1.165) is 0 Å². The molecule has 0 atom stereocenters. The molecule has 0 fully saturated rings. The Balaban J connectivity index is -0.0000000267. The van der Waals surface area contributed by atoms with E-state index in [0.29, 0.717) is 0 Å². The second-order valence-corrected chi connectivity index (χ2v) is 1.54. The maximum atomic E-state index is 8.88. The van der Waals surface area contributed by atoms with Crippen LogP contribution >= 0.6 is 7.82 Å². The second kappa shape index (κ2) is 7.12. The molecule has 0 heterocycles. The van der Waals surface area contributed by atoms with E-state index < -0.39 is 7.82 Å². The third-order valence-corrected chi connectivity index (χ3v) is 0. The quantitative estimate of drug-likeness (QED) is 0.317. The average Bonchev–Trinajstić information content (AvgIpc) is 0.722. The standard InChI is InChI=1S/Ho.K.H3O4P.H/c;;1-5(2,3)4;/h;;(H3,1,2,3,4);/q;+1;;-1. The SMILES string of the molecule is O=P(O)(O)O.[H-].[Ho].[K+]. The summed E-state index contributed by atoms with van der Waals surface area (Å²) < 4.78 is 8.88. The number of rotatable bonds is 0. The molecule has 7 heavy (non-hydrogen) atoms. The van der Waals surface area contributed by atoms with Gasteiger partial charge < -0.3 is 16.1 Å². The molecular weight excluding hydrogens is 299 g/mol. The third-order valence-electron chi connectivity index (χ3n) is 0. The van der Waals surface area contributed by atoms with Gasteiger partial charge in [0.05, 0.1) is 0 Å². The summed E-state index contributed by atoms with van der Waals surface area (Å²) in [5, 5.41) is 0. The zero-order chi connectivity index (χ0) is 4.50. The minimum Gasteiger partial charge on any atom is -1.00 e. The first kappa shape index (κ1) is 16.5. The first-order valence-corrected chi connectivity index (χ1v) is 2.35. The molecule has 0 bridgehead atoms. The van der Waals surface area contributed by atoms with Gasteiger partial charge in [0.1, 0.15) is 0 Å². The molecule has 0 unspecified atom stereocenters. The van der Waals surface area contributed by atoms with Gasteiger partial charge in [0.15, 0.2) is 0 Å². The van der Waals surface area contributed by atoms with E-state index in [1.165, 1.54) is 0 Å². The van der Waals surface area contributed by atoms with Crippen LogP contribution < -0.4 is 51.4 Å². The van der Waals surface area contributed by atoms with Gasteiger partial charge >= 0.3 is 59.2 Å². The Morgan fingerprint density at radius 3 is 1.29 bits per heavy atom. The third kappa shape index (κ3) is 48.9. The molecule has 45 valence electrons. The normalized spacial score (nSPS) is 8.43. The molecule has 3 N–H and O–H groups in total. The summed E-state index contributed by atoms with van der Waals surface area (Å²) in [5.41, 5.74) is 0. The van der Waals surface area contributed by atoms with Crippen LogP contribution in [0.15, 0.2) is 0 Å². The second-order valence-electron chi connectivity index (χ2n) is 0.513. The van der Waals surface area contributed by atoms with Crippen LogP contribution in [0.25, 0.3) is 0 Å². The smallest absolute Gasteiger partial charge is 1.00 e. The van der Waals surface area contributed by atoms with E-state index >= 15 is 0 Å². The minimum absolute atomic E-state index is 0. The molecular formula is H4HoKO4P. The van der Waals surface area contributed by atoms with Crippen molar-refractivity contribution in [2.75, 3.05) is 0 Å². The van der Waals surface area contributed by atoms with Crippen LogP contribution in [0, 0.1) is 37.7 Å². The molecule has 0 aliphatic carbocycles. The van der Waals surface area contributed by atoms with Crippen molar-refractivity contribution in [2.45, 2.75) is 0 Å². The van der Waals surface area contributed by atoms with Gasteiger partial charge in [-0.3, -0.25) is 0 Å². The summed E-state index contributed by atoms with van der Waals surface area (Å²) in [5.74, 6) is 0. The topological polar surface area (TPSA) is 77.8 Å². The maximum Gasteiger partial charge on any atom is 1.00 e. The molecule has 0 spiro atoms. The van der Waals surface area contributed by atoms with Gasteiger partial charge in [-0.25, -0.2) is 4.57 Å². The first-order valence-electron chi connectivity index (χ1n) is 0.783. The Morgan fingerprint density at radius 1 is 1.29 bits per heavy atom. The number of phosphoric acid groups is 1. The predicted molar refractivity (Wildman–Crippen MR) is 15.4 cm³/mol. The molecule has 4 nitrogen and oxygen atoms in total. The number of hydrogen-bond donors (Lipinski definition) is 3. The summed E-state index contributed by atoms with van der Waals surface area (Å²) in [6.07, 6.45) is 0. The molecule has 0 aromatic heterocycles. The van der Waals surface area contributed by atoms with Crippen LogP contribution in [-0.2, 0) is 4.57 Å². The van der Waals surface area contributed by atoms with Crippen LogP contribution in [0.5, 0.6) is 0 Å². The fourth-order valence-corrected chi connectivity index (χ4v) is 0. The summed E-state index contributed by atoms with van der Waals surface area (Å²) >= 11 is 0. The van der Waals surface area contributed by atoms with Gasteiger partial charge in [0, 0.05) is 37.7 Å².